The van der Waals surface area contributed by atoms with Crippen LogP contribution in [0.15, 0.2) is 36.4 Å². The zero-order valence-electron chi connectivity index (χ0n) is 10.5. The maximum atomic E-state index is 13.6. The standard InChI is InChI=1S/C14H11F3N2O/c1-19(13-5-3-2-4-9(13)15)14(20)8-6-12(18)11(17)7-10(8)16/h2-7H,18H2,1H3. The van der Waals surface area contributed by atoms with Crippen molar-refractivity contribution in [1.82, 2.24) is 0 Å². The van der Waals surface area contributed by atoms with Crippen LogP contribution in [0.25, 0.3) is 0 Å². The van der Waals surface area contributed by atoms with E-state index in [1.807, 2.05) is 0 Å². The predicted molar refractivity (Wildman–Crippen MR) is 69.9 cm³/mol. The van der Waals surface area contributed by atoms with Crippen molar-refractivity contribution in [2.24, 2.45) is 0 Å². The van der Waals surface area contributed by atoms with Crippen molar-refractivity contribution in [2.75, 3.05) is 17.7 Å². The van der Waals surface area contributed by atoms with Gasteiger partial charge in [0.1, 0.15) is 17.5 Å². The molecule has 104 valence electrons. The fourth-order valence-corrected chi connectivity index (χ4v) is 1.74. The number of nitrogen functional groups attached to an aromatic ring is 1. The number of anilines is 2. The number of hydrogen-bond donors (Lipinski definition) is 1. The Balaban J connectivity index is 2.42. The van der Waals surface area contributed by atoms with Crippen LogP contribution in [0, 0.1) is 17.5 Å². The highest BCUT2D eigenvalue weighted by Gasteiger charge is 2.21. The highest BCUT2D eigenvalue weighted by molar-refractivity contribution is 6.06. The number of benzene rings is 2. The van der Waals surface area contributed by atoms with E-state index in [9.17, 15) is 18.0 Å². The molecule has 0 aliphatic heterocycles. The molecule has 0 aromatic heterocycles. The first-order valence-corrected chi connectivity index (χ1v) is 5.69. The van der Waals surface area contributed by atoms with Gasteiger partial charge < -0.3 is 10.6 Å². The zero-order chi connectivity index (χ0) is 14.9. The van der Waals surface area contributed by atoms with E-state index in [0.29, 0.717) is 6.07 Å². The topological polar surface area (TPSA) is 46.3 Å². The summed E-state index contributed by atoms with van der Waals surface area (Å²) in [5.41, 5.74) is 4.52. The van der Waals surface area contributed by atoms with Crippen molar-refractivity contribution in [2.45, 2.75) is 0 Å². The van der Waals surface area contributed by atoms with E-state index in [4.69, 9.17) is 5.73 Å². The third kappa shape index (κ3) is 2.45. The first-order chi connectivity index (χ1) is 9.41. The predicted octanol–water partition coefficient (Wildman–Crippen LogP) is 2.96. The van der Waals surface area contributed by atoms with Gasteiger partial charge in [-0.05, 0) is 18.2 Å². The van der Waals surface area contributed by atoms with Crippen LogP contribution < -0.4 is 10.6 Å². The van der Waals surface area contributed by atoms with E-state index < -0.39 is 28.9 Å². The molecule has 0 heterocycles. The molecule has 0 radical (unpaired) electrons. The molecule has 2 aromatic carbocycles. The number of nitrogens with zero attached hydrogens (tertiary/aromatic N) is 1. The molecule has 0 saturated heterocycles. The summed E-state index contributed by atoms with van der Waals surface area (Å²) in [5, 5.41) is 0. The van der Waals surface area contributed by atoms with Gasteiger partial charge in [0.15, 0.2) is 0 Å². The molecule has 1 amide bonds. The lowest BCUT2D eigenvalue weighted by Crippen LogP contribution is -2.28. The van der Waals surface area contributed by atoms with Crippen LogP contribution in [-0.2, 0) is 0 Å². The van der Waals surface area contributed by atoms with Crippen molar-refractivity contribution in [1.29, 1.82) is 0 Å². The summed E-state index contributed by atoms with van der Waals surface area (Å²) in [5.74, 6) is -3.45. The van der Waals surface area contributed by atoms with Crippen molar-refractivity contribution in [3.8, 4) is 0 Å². The lowest BCUT2D eigenvalue weighted by Gasteiger charge is -2.18. The molecule has 20 heavy (non-hydrogen) atoms. The Morgan fingerprint density at radius 1 is 1.05 bits per heavy atom. The minimum absolute atomic E-state index is 0.0141. The molecule has 0 saturated carbocycles. The first-order valence-electron chi connectivity index (χ1n) is 5.69. The van der Waals surface area contributed by atoms with Gasteiger partial charge in [-0.3, -0.25) is 4.79 Å². The molecule has 0 bridgehead atoms. The Hall–Kier alpha value is -2.50. The highest BCUT2D eigenvalue weighted by atomic mass is 19.1. The summed E-state index contributed by atoms with van der Waals surface area (Å²) in [6, 6.07) is 6.97. The highest BCUT2D eigenvalue weighted by Crippen LogP contribution is 2.22. The second-order valence-corrected chi connectivity index (χ2v) is 4.17. The number of para-hydroxylation sites is 1. The van der Waals surface area contributed by atoms with Gasteiger partial charge in [-0.25, -0.2) is 13.2 Å². The smallest absolute Gasteiger partial charge is 0.261 e. The number of hydrogen-bond acceptors (Lipinski definition) is 2. The Kier molecular flexibility index (Phi) is 3.65. The maximum Gasteiger partial charge on any atom is 0.261 e. The Bertz CT molecular complexity index is 673. The van der Waals surface area contributed by atoms with Crippen molar-refractivity contribution in [3.63, 3.8) is 0 Å². The fraction of sp³-hybridized carbons (Fsp3) is 0.0714. The molecule has 3 nitrogen and oxygen atoms in total. The van der Waals surface area contributed by atoms with E-state index in [1.165, 1.54) is 31.3 Å². The lowest BCUT2D eigenvalue weighted by molar-refractivity contribution is 0.0988. The molecule has 0 spiro atoms. The third-order valence-corrected chi connectivity index (χ3v) is 2.84. The van der Waals surface area contributed by atoms with Crippen LogP contribution in [0.1, 0.15) is 10.4 Å². The summed E-state index contributed by atoms with van der Waals surface area (Å²) in [6.07, 6.45) is 0. The number of halogens is 3. The summed E-state index contributed by atoms with van der Waals surface area (Å²) in [4.78, 5) is 13.1. The molecule has 2 aromatic rings. The summed E-state index contributed by atoms with van der Waals surface area (Å²) >= 11 is 0. The molecule has 2 rings (SSSR count). The quantitative estimate of drug-likeness (QED) is 0.860. The van der Waals surface area contributed by atoms with Crippen LogP contribution in [0.4, 0.5) is 24.5 Å². The van der Waals surface area contributed by atoms with Gasteiger partial charge in [0.05, 0.1) is 16.9 Å². The van der Waals surface area contributed by atoms with Crippen LogP contribution in [0.2, 0.25) is 0 Å². The number of rotatable bonds is 2. The van der Waals surface area contributed by atoms with E-state index in [-0.39, 0.29) is 11.4 Å². The monoisotopic (exact) mass is 280 g/mol. The number of carbonyl (C=O) groups is 1. The van der Waals surface area contributed by atoms with E-state index in [1.54, 1.807) is 0 Å². The molecule has 0 fully saturated rings. The lowest BCUT2D eigenvalue weighted by atomic mass is 10.1. The Morgan fingerprint density at radius 3 is 2.35 bits per heavy atom. The van der Waals surface area contributed by atoms with Gasteiger partial charge in [0, 0.05) is 13.1 Å². The number of nitrogens with two attached hydrogens (primary N) is 1. The molecule has 0 unspecified atom stereocenters. The van der Waals surface area contributed by atoms with Gasteiger partial charge in [0.2, 0.25) is 0 Å². The first kappa shape index (κ1) is 13.9. The summed E-state index contributed by atoms with van der Waals surface area (Å²) < 4.78 is 40.3. The number of carbonyl (C=O) groups excluding carboxylic acids is 1. The molecule has 0 atom stereocenters. The Labute approximate surface area is 113 Å². The van der Waals surface area contributed by atoms with Crippen LogP contribution in [0.5, 0.6) is 0 Å². The largest absolute Gasteiger partial charge is 0.396 e. The minimum Gasteiger partial charge on any atom is -0.396 e. The molecule has 0 aliphatic carbocycles. The van der Waals surface area contributed by atoms with Crippen LogP contribution in [0.3, 0.4) is 0 Å². The van der Waals surface area contributed by atoms with Gasteiger partial charge >= 0.3 is 0 Å². The zero-order valence-corrected chi connectivity index (χ0v) is 10.5. The molecular weight excluding hydrogens is 269 g/mol. The molecule has 6 heteroatoms. The third-order valence-electron chi connectivity index (χ3n) is 2.84. The second kappa shape index (κ2) is 5.24. The van der Waals surface area contributed by atoms with Crippen LogP contribution >= 0.6 is 0 Å². The van der Waals surface area contributed by atoms with E-state index in [0.717, 1.165) is 11.0 Å². The van der Waals surface area contributed by atoms with Gasteiger partial charge in [-0.15, -0.1) is 0 Å². The van der Waals surface area contributed by atoms with Crippen molar-refractivity contribution in [3.05, 3.63) is 59.4 Å². The SMILES string of the molecule is CN(C(=O)c1cc(N)c(F)cc1F)c1ccccc1F. The summed E-state index contributed by atoms with van der Waals surface area (Å²) in [7, 11) is 1.29. The fourth-order valence-electron chi connectivity index (χ4n) is 1.74. The Morgan fingerprint density at radius 2 is 1.70 bits per heavy atom. The van der Waals surface area contributed by atoms with Crippen molar-refractivity contribution < 1.29 is 18.0 Å². The average Bonchev–Trinajstić information content (AvgIpc) is 2.42. The molecule has 2 N–H and O–H groups in total. The van der Waals surface area contributed by atoms with Gasteiger partial charge in [0.25, 0.3) is 5.91 Å². The van der Waals surface area contributed by atoms with Gasteiger partial charge in [-0.2, -0.15) is 0 Å². The second-order valence-electron chi connectivity index (χ2n) is 4.17. The summed E-state index contributed by atoms with van der Waals surface area (Å²) in [6.45, 7) is 0. The number of amides is 1. The molecular formula is C14H11F3N2O. The minimum atomic E-state index is -1.05. The van der Waals surface area contributed by atoms with Crippen LogP contribution in [-0.4, -0.2) is 13.0 Å². The van der Waals surface area contributed by atoms with E-state index >= 15 is 0 Å². The maximum absolute atomic E-state index is 13.6. The normalized spacial score (nSPS) is 10.4. The van der Waals surface area contributed by atoms with Gasteiger partial charge in [-0.1, -0.05) is 12.1 Å². The van der Waals surface area contributed by atoms with Crippen molar-refractivity contribution >= 4 is 17.3 Å². The van der Waals surface area contributed by atoms with E-state index in [2.05, 4.69) is 0 Å². The average molecular weight is 280 g/mol. The molecule has 0 aliphatic rings.